The molecule has 2 aliphatic rings. The van der Waals surface area contributed by atoms with Gasteiger partial charge in [-0.05, 0) is 182 Å². The summed E-state index contributed by atoms with van der Waals surface area (Å²) in [4.78, 5) is 11.1. The van der Waals surface area contributed by atoms with Crippen LogP contribution in [0, 0.1) is 0 Å². The Balaban J connectivity index is 0.648. The van der Waals surface area contributed by atoms with Crippen molar-refractivity contribution < 1.29 is 0 Å². The molecular formula is C92H62N6. The summed E-state index contributed by atoms with van der Waals surface area (Å²) in [6, 6.07) is 112. The number of aromatic nitrogens is 6. The Hall–Kier alpha value is -12.4. The maximum Gasteiger partial charge on any atom is 0.235 e. The van der Waals surface area contributed by atoms with E-state index >= 15 is 0 Å². The van der Waals surface area contributed by atoms with E-state index in [1.807, 2.05) is 0 Å². The van der Waals surface area contributed by atoms with E-state index < -0.39 is 0 Å². The molecule has 0 fully saturated rings. The summed E-state index contributed by atoms with van der Waals surface area (Å²) >= 11 is 0. The van der Waals surface area contributed by atoms with Crippen LogP contribution in [0.4, 0.5) is 0 Å². The van der Waals surface area contributed by atoms with Crippen LogP contribution < -0.4 is 0 Å². The predicted octanol–water partition coefficient (Wildman–Crippen LogP) is 23.6. The lowest BCUT2D eigenvalue weighted by Crippen LogP contribution is -2.15. The monoisotopic (exact) mass is 1250 g/mol. The van der Waals surface area contributed by atoms with E-state index in [1.165, 1.54) is 121 Å². The Morgan fingerprint density at radius 3 is 1.02 bits per heavy atom. The molecule has 0 spiro atoms. The number of hydrogen-bond acceptors (Lipinski definition) is 2. The number of hydrogen-bond donors (Lipinski definition) is 0. The van der Waals surface area contributed by atoms with Crippen molar-refractivity contribution in [2.45, 2.75) is 38.5 Å². The average Bonchev–Trinajstić information content (AvgIpc) is 1.64. The molecule has 0 amide bonds. The molecule has 98 heavy (non-hydrogen) atoms. The second-order valence-corrected chi connectivity index (χ2v) is 28.1. The summed E-state index contributed by atoms with van der Waals surface area (Å²) in [6.45, 7) is 9.44. The van der Waals surface area contributed by atoms with Crippen LogP contribution in [0.3, 0.4) is 0 Å². The fourth-order valence-corrected chi connectivity index (χ4v) is 17.5. The quantitative estimate of drug-likeness (QED) is 0.160. The molecule has 0 unspecified atom stereocenters. The molecule has 6 nitrogen and oxygen atoms in total. The minimum Gasteiger partial charge on any atom is -0.309 e. The van der Waals surface area contributed by atoms with Gasteiger partial charge in [0, 0.05) is 81.9 Å². The summed E-state index contributed by atoms with van der Waals surface area (Å²) in [5.74, 6) is 0.627. The summed E-state index contributed by atoms with van der Waals surface area (Å²) in [6.07, 6.45) is 0. The molecule has 14 aromatic carbocycles. The highest BCUT2D eigenvalue weighted by atomic mass is 15.2. The van der Waals surface area contributed by atoms with E-state index in [9.17, 15) is 0 Å². The maximum absolute atomic E-state index is 5.64. The van der Waals surface area contributed by atoms with Crippen LogP contribution in [0.2, 0.25) is 0 Å². The van der Waals surface area contributed by atoms with Crippen molar-refractivity contribution in [1.29, 1.82) is 0 Å². The number of fused-ring (bicyclic) bond motifs is 19. The lowest BCUT2D eigenvalue weighted by molar-refractivity contribution is 0.660. The van der Waals surface area contributed by atoms with Crippen molar-refractivity contribution in [3.8, 4) is 78.8 Å². The van der Waals surface area contributed by atoms with Crippen molar-refractivity contribution in [3.63, 3.8) is 0 Å². The second kappa shape index (κ2) is 20.1. The maximum atomic E-state index is 5.64. The minimum absolute atomic E-state index is 0.0965. The predicted molar refractivity (Wildman–Crippen MR) is 408 cm³/mol. The van der Waals surface area contributed by atoms with Gasteiger partial charge in [0.05, 0.1) is 55.3 Å². The molecule has 5 aromatic heterocycles. The molecule has 0 radical (unpaired) electrons. The van der Waals surface area contributed by atoms with Crippen molar-refractivity contribution >= 4 is 98.1 Å². The third kappa shape index (κ3) is 7.68. The molecule has 0 bridgehead atoms. The first-order chi connectivity index (χ1) is 48.1. The van der Waals surface area contributed by atoms with E-state index in [0.717, 1.165) is 71.8 Å². The van der Waals surface area contributed by atoms with Crippen molar-refractivity contribution in [2.75, 3.05) is 0 Å². The molecule has 460 valence electrons. The van der Waals surface area contributed by atoms with Crippen LogP contribution in [-0.4, -0.2) is 28.2 Å². The molecule has 0 atom stereocenters. The van der Waals surface area contributed by atoms with Crippen LogP contribution in [0.15, 0.2) is 303 Å². The lowest BCUT2D eigenvalue weighted by Gasteiger charge is -2.22. The fraction of sp³-hybridized carbons (Fsp3) is 0.0652. The van der Waals surface area contributed by atoms with Crippen LogP contribution in [0.1, 0.15) is 49.9 Å². The Morgan fingerprint density at radius 1 is 0.224 bits per heavy atom. The van der Waals surface area contributed by atoms with Gasteiger partial charge in [-0.2, -0.15) is 0 Å². The Morgan fingerprint density at radius 2 is 0.571 bits per heavy atom. The molecule has 2 aliphatic carbocycles. The fourth-order valence-electron chi connectivity index (χ4n) is 17.5. The minimum atomic E-state index is -0.100. The van der Waals surface area contributed by atoms with Gasteiger partial charge in [-0.1, -0.05) is 216 Å². The summed E-state index contributed by atoms with van der Waals surface area (Å²) < 4.78 is 9.59. The molecule has 21 rings (SSSR count). The Kier molecular flexibility index (Phi) is 11.3. The van der Waals surface area contributed by atoms with Gasteiger partial charge in [0.2, 0.25) is 5.95 Å². The van der Waals surface area contributed by atoms with Crippen molar-refractivity contribution in [2.24, 2.45) is 0 Å². The van der Waals surface area contributed by atoms with E-state index in [0.29, 0.717) is 5.95 Å². The zero-order valence-electron chi connectivity index (χ0n) is 54.6. The van der Waals surface area contributed by atoms with Gasteiger partial charge >= 0.3 is 0 Å². The SMILES string of the molecule is CC1(C)c2ccccc2-c2ccc(-n3c4ccccc4c4cc(-c5ccc6c(c5)c5ccccc5n6-c5cccc(-c6nc(-n7c8ccccc8c8cc(-c9ccc%10c(c9)c9ccccc9n%10-c9ccc%10c(c9)C(C)(C)c9ccccc9-%10)ccc87)nc7ccccc67)c5)ccc43)cc21. The number of rotatable bonds is 7. The molecular weight excluding hydrogens is 1190 g/mol. The van der Waals surface area contributed by atoms with Crippen LogP contribution in [0.25, 0.3) is 177 Å². The van der Waals surface area contributed by atoms with Gasteiger partial charge in [-0.15, -0.1) is 0 Å². The molecule has 19 aromatic rings. The van der Waals surface area contributed by atoms with Crippen LogP contribution in [0.5, 0.6) is 0 Å². The third-order valence-electron chi connectivity index (χ3n) is 22.2. The van der Waals surface area contributed by atoms with E-state index in [4.69, 9.17) is 9.97 Å². The second-order valence-electron chi connectivity index (χ2n) is 28.1. The zero-order chi connectivity index (χ0) is 64.9. The molecule has 0 saturated carbocycles. The standard InChI is InChI=1S/C92H62N6/c1-91(2)76-29-12-5-22-63(76)65-42-40-61(53-78(65)91)96-82-33-16-9-25-68(82)73-50-56(37-45-86(73)96)55-36-44-85-72(49-55)67-24-8-15-32-81(67)95(85)60-21-19-20-59(48-60)89-71-28-7-14-31-80(71)93-90(94-89)98-84-35-18-11-27-70(84)75-52-58(39-47-88(75)98)57-38-46-87-74(51-57)69-26-10-17-34-83(69)97(87)62-41-43-66-64-23-6-13-30-77(64)92(3,4)79(66)54-62/h5-54H,1-4H3. The Bertz CT molecular complexity index is 6700. The van der Waals surface area contributed by atoms with Gasteiger partial charge < -0.3 is 13.7 Å². The normalized spacial score (nSPS) is 13.7. The van der Waals surface area contributed by atoms with Gasteiger partial charge in [0.15, 0.2) is 0 Å². The Labute approximate surface area is 565 Å². The summed E-state index contributed by atoms with van der Waals surface area (Å²) in [7, 11) is 0. The van der Waals surface area contributed by atoms with Gasteiger partial charge in [0.25, 0.3) is 0 Å². The van der Waals surface area contributed by atoms with Crippen molar-refractivity contribution in [1.82, 2.24) is 28.2 Å². The van der Waals surface area contributed by atoms with E-state index in [2.05, 4.69) is 349 Å². The van der Waals surface area contributed by atoms with Crippen LogP contribution >= 0.6 is 0 Å². The number of para-hydroxylation sites is 5. The first-order valence-electron chi connectivity index (χ1n) is 34.1. The summed E-state index contributed by atoms with van der Waals surface area (Å²) in [5, 5.41) is 10.6. The van der Waals surface area contributed by atoms with Gasteiger partial charge in [0.1, 0.15) is 0 Å². The number of nitrogens with zero attached hydrogens (tertiary/aromatic N) is 6. The molecule has 0 saturated heterocycles. The van der Waals surface area contributed by atoms with Gasteiger partial charge in [-0.25, -0.2) is 9.97 Å². The molecule has 0 N–H and O–H groups in total. The van der Waals surface area contributed by atoms with Gasteiger partial charge in [-0.3, -0.25) is 4.57 Å². The smallest absolute Gasteiger partial charge is 0.235 e. The highest BCUT2D eigenvalue weighted by molar-refractivity contribution is 6.15. The highest BCUT2D eigenvalue weighted by Gasteiger charge is 2.37. The van der Waals surface area contributed by atoms with E-state index in [-0.39, 0.29) is 10.8 Å². The molecule has 0 aliphatic heterocycles. The van der Waals surface area contributed by atoms with E-state index in [1.54, 1.807) is 0 Å². The number of benzene rings is 14. The van der Waals surface area contributed by atoms with Crippen molar-refractivity contribution in [3.05, 3.63) is 326 Å². The highest BCUT2D eigenvalue weighted by Crippen LogP contribution is 2.52. The molecule has 6 heteroatoms. The van der Waals surface area contributed by atoms with Crippen LogP contribution in [-0.2, 0) is 10.8 Å². The summed E-state index contributed by atoms with van der Waals surface area (Å²) in [5.41, 5.74) is 30.7. The topological polar surface area (TPSA) is 45.5 Å². The first kappa shape index (κ1) is 55.0. The average molecular weight is 1250 g/mol. The first-order valence-corrected chi connectivity index (χ1v) is 34.1. The third-order valence-corrected chi connectivity index (χ3v) is 22.2. The molecule has 5 heterocycles. The largest absolute Gasteiger partial charge is 0.309 e. The zero-order valence-corrected chi connectivity index (χ0v) is 54.6. The lowest BCUT2D eigenvalue weighted by atomic mass is 9.82.